The van der Waals surface area contributed by atoms with Gasteiger partial charge in [-0.05, 0) is 48.9 Å². The van der Waals surface area contributed by atoms with Crippen molar-refractivity contribution in [3.63, 3.8) is 0 Å². The van der Waals surface area contributed by atoms with E-state index in [1.165, 1.54) is 6.33 Å². The van der Waals surface area contributed by atoms with Crippen molar-refractivity contribution < 1.29 is 19.0 Å². The van der Waals surface area contributed by atoms with E-state index in [0.717, 1.165) is 22.8 Å². The summed E-state index contributed by atoms with van der Waals surface area (Å²) < 4.78 is 16.1. The van der Waals surface area contributed by atoms with Gasteiger partial charge in [0.2, 0.25) is 6.79 Å². The van der Waals surface area contributed by atoms with Crippen LogP contribution in [0, 0.1) is 0 Å². The van der Waals surface area contributed by atoms with Crippen LogP contribution < -0.4 is 24.8 Å². The Balaban J connectivity index is 1.38. The predicted octanol–water partition coefficient (Wildman–Crippen LogP) is 3.47. The molecule has 1 amide bonds. The van der Waals surface area contributed by atoms with E-state index < -0.39 is 0 Å². The standard InChI is InChI=1S/C21H20N4O4/c1-2-27-16-6-4-15(5-7-16)25-21(26)17-10-20(24-12-23-17)22-11-14-3-8-18-19(9-14)29-13-28-18/h3-10,12H,2,11,13H2,1H3,(H,25,26)(H,22,23,24). The molecule has 0 atom stereocenters. The van der Waals surface area contributed by atoms with Crippen LogP contribution in [0.5, 0.6) is 17.2 Å². The second-order valence-electron chi connectivity index (χ2n) is 6.24. The number of ether oxygens (including phenoxy) is 3. The first-order valence-electron chi connectivity index (χ1n) is 9.20. The van der Waals surface area contributed by atoms with Gasteiger partial charge in [-0.1, -0.05) is 6.07 Å². The first-order chi connectivity index (χ1) is 14.2. The molecule has 29 heavy (non-hydrogen) atoms. The molecule has 1 aromatic heterocycles. The second-order valence-corrected chi connectivity index (χ2v) is 6.24. The molecular formula is C21H20N4O4. The zero-order valence-corrected chi connectivity index (χ0v) is 15.8. The SMILES string of the molecule is CCOc1ccc(NC(=O)c2cc(NCc3ccc4c(c3)OCO4)ncn2)cc1. The van der Waals surface area contributed by atoms with Crippen LogP contribution in [0.4, 0.5) is 11.5 Å². The Kier molecular flexibility index (Phi) is 5.42. The monoisotopic (exact) mass is 392 g/mol. The Morgan fingerprint density at radius 2 is 1.90 bits per heavy atom. The van der Waals surface area contributed by atoms with Crippen molar-refractivity contribution in [2.45, 2.75) is 13.5 Å². The van der Waals surface area contributed by atoms with Gasteiger partial charge in [0.1, 0.15) is 23.6 Å². The summed E-state index contributed by atoms with van der Waals surface area (Å²) in [6.07, 6.45) is 1.36. The lowest BCUT2D eigenvalue weighted by Gasteiger charge is -2.09. The smallest absolute Gasteiger partial charge is 0.274 e. The van der Waals surface area contributed by atoms with Gasteiger partial charge in [0.15, 0.2) is 11.5 Å². The summed E-state index contributed by atoms with van der Waals surface area (Å²) in [6, 6.07) is 14.5. The number of anilines is 2. The maximum Gasteiger partial charge on any atom is 0.274 e. The van der Waals surface area contributed by atoms with Crippen molar-refractivity contribution in [3.05, 3.63) is 66.1 Å². The van der Waals surface area contributed by atoms with Crippen LogP contribution in [0.25, 0.3) is 0 Å². The minimum Gasteiger partial charge on any atom is -0.494 e. The Labute approximate surface area is 167 Å². The van der Waals surface area contributed by atoms with Gasteiger partial charge >= 0.3 is 0 Å². The fraction of sp³-hybridized carbons (Fsp3) is 0.190. The highest BCUT2D eigenvalue weighted by atomic mass is 16.7. The van der Waals surface area contributed by atoms with E-state index in [1.54, 1.807) is 30.3 Å². The first-order valence-corrected chi connectivity index (χ1v) is 9.20. The Hall–Kier alpha value is -3.81. The molecule has 148 valence electrons. The fourth-order valence-corrected chi connectivity index (χ4v) is 2.82. The van der Waals surface area contributed by atoms with E-state index in [9.17, 15) is 4.79 Å². The van der Waals surface area contributed by atoms with Gasteiger partial charge in [-0.25, -0.2) is 9.97 Å². The van der Waals surface area contributed by atoms with Crippen molar-refractivity contribution in [1.82, 2.24) is 9.97 Å². The molecule has 0 unspecified atom stereocenters. The van der Waals surface area contributed by atoms with Gasteiger partial charge < -0.3 is 24.8 Å². The molecule has 0 saturated carbocycles. The highest BCUT2D eigenvalue weighted by molar-refractivity contribution is 6.03. The van der Waals surface area contributed by atoms with E-state index in [0.29, 0.717) is 24.7 Å². The van der Waals surface area contributed by atoms with Gasteiger partial charge in [-0.2, -0.15) is 0 Å². The molecular weight excluding hydrogens is 372 g/mol. The molecule has 2 aromatic carbocycles. The number of fused-ring (bicyclic) bond motifs is 1. The molecule has 0 radical (unpaired) electrons. The molecule has 4 rings (SSSR count). The third-order valence-corrected chi connectivity index (χ3v) is 4.23. The normalized spacial score (nSPS) is 11.8. The van der Waals surface area contributed by atoms with Gasteiger partial charge in [-0.3, -0.25) is 4.79 Å². The number of rotatable bonds is 7. The number of carbonyl (C=O) groups excluding carboxylic acids is 1. The third-order valence-electron chi connectivity index (χ3n) is 4.23. The molecule has 8 nitrogen and oxygen atoms in total. The maximum absolute atomic E-state index is 12.5. The van der Waals surface area contributed by atoms with Gasteiger partial charge in [0, 0.05) is 18.3 Å². The fourth-order valence-electron chi connectivity index (χ4n) is 2.82. The molecule has 8 heteroatoms. The molecule has 2 heterocycles. The Morgan fingerprint density at radius 3 is 2.72 bits per heavy atom. The molecule has 2 N–H and O–H groups in total. The highest BCUT2D eigenvalue weighted by Gasteiger charge is 2.13. The van der Waals surface area contributed by atoms with Crippen molar-refractivity contribution in [1.29, 1.82) is 0 Å². The zero-order valence-electron chi connectivity index (χ0n) is 15.8. The average molecular weight is 392 g/mol. The number of hydrogen-bond acceptors (Lipinski definition) is 7. The zero-order chi connectivity index (χ0) is 20.1. The number of hydrogen-bond donors (Lipinski definition) is 2. The minimum absolute atomic E-state index is 0.241. The van der Waals surface area contributed by atoms with Crippen molar-refractivity contribution >= 4 is 17.4 Å². The predicted molar refractivity (Wildman–Crippen MR) is 107 cm³/mol. The summed E-state index contributed by atoms with van der Waals surface area (Å²) in [4.78, 5) is 20.7. The summed E-state index contributed by atoms with van der Waals surface area (Å²) >= 11 is 0. The Bertz CT molecular complexity index is 1010. The molecule has 1 aliphatic heterocycles. The topological polar surface area (TPSA) is 94.6 Å². The number of benzene rings is 2. The quantitative estimate of drug-likeness (QED) is 0.636. The average Bonchev–Trinajstić information content (AvgIpc) is 3.22. The van der Waals surface area contributed by atoms with Crippen molar-refractivity contribution in [2.75, 3.05) is 24.0 Å². The number of nitrogens with one attached hydrogen (secondary N) is 2. The van der Waals surface area contributed by atoms with Crippen LogP contribution in [0.15, 0.2) is 54.9 Å². The maximum atomic E-state index is 12.5. The molecule has 1 aliphatic rings. The van der Waals surface area contributed by atoms with Crippen LogP contribution in [0.1, 0.15) is 23.0 Å². The van der Waals surface area contributed by atoms with E-state index in [1.807, 2.05) is 25.1 Å². The molecule has 0 aliphatic carbocycles. The van der Waals surface area contributed by atoms with Gasteiger partial charge in [0.05, 0.1) is 6.61 Å². The number of aromatic nitrogens is 2. The van der Waals surface area contributed by atoms with Crippen LogP contribution >= 0.6 is 0 Å². The lowest BCUT2D eigenvalue weighted by Crippen LogP contribution is -2.14. The minimum atomic E-state index is -0.317. The van der Waals surface area contributed by atoms with Crippen molar-refractivity contribution in [3.8, 4) is 17.2 Å². The number of nitrogens with zero attached hydrogens (tertiary/aromatic N) is 2. The first kappa shape index (κ1) is 18.5. The van der Waals surface area contributed by atoms with Crippen LogP contribution in [-0.4, -0.2) is 29.3 Å². The third kappa shape index (κ3) is 4.55. The van der Waals surface area contributed by atoms with Crippen LogP contribution in [-0.2, 0) is 6.54 Å². The van der Waals surface area contributed by atoms with Gasteiger partial charge in [0.25, 0.3) is 5.91 Å². The molecule has 0 saturated heterocycles. The van der Waals surface area contributed by atoms with E-state index in [4.69, 9.17) is 14.2 Å². The molecule has 0 fully saturated rings. The van der Waals surface area contributed by atoms with Crippen molar-refractivity contribution in [2.24, 2.45) is 0 Å². The van der Waals surface area contributed by atoms with E-state index in [-0.39, 0.29) is 18.4 Å². The lowest BCUT2D eigenvalue weighted by atomic mass is 10.2. The summed E-state index contributed by atoms with van der Waals surface area (Å²) in [7, 11) is 0. The summed E-state index contributed by atoms with van der Waals surface area (Å²) in [6.45, 7) is 3.27. The van der Waals surface area contributed by atoms with Crippen LogP contribution in [0.3, 0.4) is 0 Å². The summed E-state index contributed by atoms with van der Waals surface area (Å²) in [5.74, 6) is 2.45. The van der Waals surface area contributed by atoms with E-state index in [2.05, 4.69) is 20.6 Å². The van der Waals surface area contributed by atoms with Gasteiger partial charge in [-0.15, -0.1) is 0 Å². The molecule has 3 aromatic rings. The van der Waals surface area contributed by atoms with Crippen LogP contribution in [0.2, 0.25) is 0 Å². The summed E-state index contributed by atoms with van der Waals surface area (Å²) in [5, 5.41) is 6.00. The number of amides is 1. The highest BCUT2D eigenvalue weighted by Crippen LogP contribution is 2.32. The number of carbonyl (C=O) groups is 1. The Morgan fingerprint density at radius 1 is 1.07 bits per heavy atom. The van der Waals surface area contributed by atoms with E-state index >= 15 is 0 Å². The largest absolute Gasteiger partial charge is 0.494 e. The molecule has 0 bridgehead atoms. The lowest BCUT2D eigenvalue weighted by molar-refractivity contribution is 0.102. The second kappa shape index (κ2) is 8.47. The summed E-state index contributed by atoms with van der Waals surface area (Å²) in [5.41, 5.74) is 1.93. The molecule has 0 spiro atoms.